The van der Waals surface area contributed by atoms with Gasteiger partial charge in [-0.1, -0.05) is 0 Å². The van der Waals surface area contributed by atoms with E-state index in [1.807, 2.05) is 17.7 Å². The summed E-state index contributed by atoms with van der Waals surface area (Å²) in [7, 11) is 0. The SMILES string of the molecule is CC(Cn1ccnc1)NC(=O)C1CCC(N)C1.Cl.Cl. The molecule has 0 aliphatic heterocycles. The van der Waals surface area contributed by atoms with E-state index < -0.39 is 0 Å². The first-order valence-corrected chi connectivity index (χ1v) is 6.17. The minimum Gasteiger partial charge on any atom is -0.352 e. The Bertz CT molecular complexity index is 372. The van der Waals surface area contributed by atoms with Crippen LogP contribution in [0.1, 0.15) is 26.2 Å². The number of nitrogens with one attached hydrogen (secondary N) is 1. The quantitative estimate of drug-likeness (QED) is 0.882. The van der Waals surface area contributed by atoms with Gasteiger partial charge in [0.25, 0.3) is 0 Å². The molecule has 0 saturated heterocycles. The van der Waals surface area contributed by atoms with Crippen LogP contribution < -0.4 is 11.1 Å². The minimum atomic E-state index is 0. The number of rotatable bonds is 4. The highest BCUT2D eigenvalue weighted by molar-refractivity contribution is 5.85. The lowest BCUT2D eigenvalue weighted by Gasteiger charge is -2.17. The molecule has 0 radical (unpaired) electrons. The Morgan fingerprint density at radius 2 is 2.26 bits per heavy atom. The third-order valence-corrected chi connectivity index (χ3v) is 3.28. The van der Waals surface area contributed by atoms with Crippen LogP contribution in [0.5, 0.6) is 0 Å². The van der Waals surface area contributed by atoms with Gasteiger partial charge in [0.05, 0.1) is 6.33 Å². The number of nitrogens with two attached hydrogens (primary N) is 1. The van der Waals surface area contributed by atoms with E-state index in [4.69, 9.17) is 5.73 Å². The Morgan fingerprint density at radius 3 is 2.79 bits per heavy atom. The van der Waals surface area contributed by atoms with Crippen LogP contribution in [0.25, 0.3) is 0 Å². The highest BCUT2D eigenvalue weighted by Crippen LogP contribution is 2.24. The van der Waals surface area contributed by atoms with Gasteiger partial charge in [0, 0.05) is 36.9 Å². The normalized spacial score (nSPS) is 23.1. The molecule has 1 aromatic rings. The molecule has 7 heteroatoms. The van der Waals surface area contributed by atoms with Crippen molar-refractivity contribution < 1.29 is 4.79 Å². The Kier molecular flexibility index (Phi) is 8.06. The molecule has 0 bridgehead atoms. The van der Waals surface area contributed by atoms with Crippen molar-refractivity contribution in [3.8, 4) is 0 Å². The van der Waals surface area contributed by atoms with Gasteiger partial charge in [-0.15, -0.1) is 24.8 Å². The van der Waals surface area contributed by atoms with E-state index in [1.54, 1.807) is 12.5 Å². The number of aromatic nitrogens is 2. The number of carbonyl (C=O) groups is 1. The van der Waals surface area contributed by atoms with Crippen LogP contribution in [0.2, 0.25) is 0 Å². The zero-order valence-electron chi connectivity index (χ0n) is 11.0. The van der Waals surface area contributed by atoms with Gasteiger partial charge in [-0.2, -0.15) is 0 Å². The van der Waals surface area contributed by atoms with Crippen LogP contribution in [-0.2, 0) is 11.3 Å². The summed E-state index contributed by atoms with van der Waals surface area (Å²) in [5.41, 5.74) is 5.81. The van der Waals surface area contributed by atoms with Gasteiger partial charge < -0.3 is 15.6 Å². The van der Waals surface area contributed by atoms with Crippen molar-refractivity contribution in [1.29, 1.82) is 0 Å². The first kappa shape index (κ1) is 18.2. The van der Waals surface area contributed by atoms with Crippen LogP contribution in [0.15, 0.2) is 18.7 Å². The van der Waals surface area contributed by atoms with Crippen molar-refractivity contribution in [2.75, 3.05) is 0 Å². The highest BCUT2D eigenvalue weighted by atomic mass is 35.5. The van der Waals surface area contributed by atoms with Crippen molar-refractivity contribution in [3.05, 3.63) is 18.7 Å². The lowest BCUT2D eigenvalue weighted by atomic mass is 10.1. The van der Waals surface area contributed by atoms with Crippen LogP contribution in [0.4, 0.5) is 0 Å². The minimum absolute atomic E-state index is 0. The summed E-state index contributed by atoms with van der Waals surface area (Å²) in [6.07, 6.45) is 8.11. The molecule has 1 heterocycles. The fraction of sp³-hybridized carbons (Fsp3) is 0.667. The van der Waals surface area contributed by atoms with E-state index in [0.717, 1.165) is 25.8 Å². The third kappa shape index (κ3) is 5.38. The molecule has 5 nitrogen and oxygen atoms in total. The van der Waals surface area contributed by atoms with Gasteiger partial charge >= 0.3 is 0 Å². The van der Waals surface area contributed by atoms with Crippen LogP contribution in [0, 0.1) is 5.92 Å². The van der Waals surface area contributed by atoms with Crippen LogP contribution >= 0.6 is 24.8 Å². The molecular formula is C12H22Cl2N4O. The van der Waals surface area contributed by atoms with E-state index in [0.29, 0.717) is 0 Å². The number of imidazole rings is 1. The summed E-state index contributed by atoms with van der Waals surface area (Å²) >= 11 is 0. The highest BCUT2D eigenvalue weighted by Gasteiger charge is 2.28. The number of amides is 1. The predicted molar refractivity (Wildman–Crippen MR) is 79.6 cm³/mol. The molecule has 1 saturated carbocycles. The van der Waals surface area contributed by atoms with Gasteiger partial charge in [0.15, 0.2) is 0 Å². The van der Waals surface area contributed by atoms with Gasteiger partial charge in [-0.25, -0.2) is 4.98 Å². The zero-order chi connectivity index (χ0) is 12.3. The Labute approximate surface area is 126 Å². The first-order chi connectivity index (χ1) is 8.15. The zero-order valence-corrected chi connectivity index (χ0v) is 12.6. The van der Waals surface area contributed by atoms with Crippen molar-refractivity contribution in [2.45, 2.75) is 44.8 Å². The van der Waals surface area contributed by atoms with Crippen LogP contribution in [-0.4, -0.2) is 27.5 Å². The molecule has 1 aliphatic rings. The third-order valence-electron chi connectivity index (χ3n) is 3.28. The summed E-state index contributed by atoms with van der Waals surface area (Å²) in [6.45, 7) is 2.76. The lowest BCUT2D eigenvalue weighted by Crippen LogP contribution is -2.39. The molecule has 2 rings (SSSR count). The molecule has 110 valence electrons. The number of nitrogens with zero attached hydrogens (tertiary/aromatic N) is 2. The molecule has 1 amide bonds. The largest absolute Gasteiger partial charge is 0.352 e. The molecule has 1 fully saturated rings. The lowest BCUT2D eigenvalue weighted by molar-refractivity contribution is -0.125. The fourth-order valence-electron chi connectivity index (χ4n) is 2.37. The average molecular weight is 309 g/mol. The fourth-order valence-corrected chi connectivity index (χ4v) is 2.37. The number of hydrogen-bond donors (Lipinski definition) is 2. The Balaban J connectivity index is 0.00000162. The van der Waals surface area contributed by atoms with Crippen molar-refractivity contribution in [3.63, 3.8) is 0 Å². The van der Waals surface area contributed by atoms with Gasteiger partial charge in [0.1, 0.15) is 0 Å². The van der Waals surface area contributed by atoms with Gasteiger partial charge in [-0.05, 0) is 26.2 Å². The maximum absolute atomic E-state index is 11.9. The molecular weight excluding hydrogens is 287 g/mol. The summed E-state index contributed by atoms with van der Waals surface area (Å²) in [6, 6.07) is 0.322. The Morgan fingerprint density at radius 1 is 1.53 bits per heavy atom. The monoisotopic (exact) mass is 308 g/mol. The van der Waals surface area contributed by atoms with E-state index in [-0.39, 0.29) is 48.7 Å². The van der Waals surface area contributed by atoms with Gasteiger partial charge in [-0.3, -0.25) is 4.79 Å². The second-order valence-electron chi connectivity index (χ2n) is 4.94. The summed E-state index contributed by atoms with van der Waals surface area (Å²) in [4.78, 5) is 15.9. The number of halogens is 2. The summed E-state index contributed by atoms with van der Waals surface area (Å²) in [5, 5.41) is 3.04. The van der Waals surface area contributed by atoms with E-state index >= 15 is 0 Å². The van der Waals surface area contributed by atoms with E-state index in [1.165, 1.54) is 0 Å². The second kappa shape index (κ2) is 8.40. The standard InChI is InChI=1S/C12H20N4O.2ClH/c1-9(7-16-5-4-14-8-16)15-12(17)10-2-3-11(13)6-10;;/h4-5,8-11H,2-3,6-7,13H2,1H3,(H,15,17);2*1H. The van der Waals surface area contributed by atoms with Crippen molar-refractivity contribution >= 4 is 30.7 Å². The predicted octanol–water partition coefficient (Wildman–Crippen LogP) is 1.36. The molecule has 3 N–H and O–H groups in total. The maximum Gasteiger partial charge on any atom is 0.223 e. The van der Waals surface area contributed by atoms with E-state index in [9.17, 15) is 4.79 Å². The maximum atomic E-state index is 11.9. The molecule has 1 aliphatic carbocycles. The topological polar surface area (TPSA) is 72.9 Å². The summed E-state index contributed by atoms with van der Waals surface area (Å²) in [5.74, 6) is 0.251. The van der Waals surface area contributed by atoms with Crippen molar-refractivity contribution in [2.24, 2.45) is 11.7 Å². The van der Waals surface area contributed by atoms with E-state index in [2.05, 4.69) is 10.3 Å². The average Bonchev–Trinajstić information content (AvgIpc) is 2.89. The molecule has 19 heavy (non-hydrogen) atoms. The first-order valence-electron chi connectivity index (χ1n) is 6.17. The molecule has 0 aromatic carbocycles. The molecule has 3 atom stereocenters. The van der Waals surface area contributed by atoms with Crippen molar-refractivity contribution in [1.82, 2.24) is 14.9 Å². The molecule has 3 unspecified atom stereocenters. The summed E-state index contributed by atoms with van der Waals surface area (Å²) < 4.78 is 1.96. The smallest absolute Gasteiger partial charge is 0.223 e. The second-order valence-corrected chi connectivity index (χ2v) is 4.94. The number of hydrogen-bond acceptors (Lipinski definition) is 3. The van der Waals surface area contributed by atoms with Gasteiger partial charge in [0.2, 0.25) is 5.91 Å². The molecule has 1 aromatic heterocycles. The Hall–Kier alpha value is -0.780. The number of carbonyl (C=O) groups excluding carboxylic acids is 1. The molecule has 0 spiro atoms. The van der Waals surface area contributed by atoms with Crippen LogP contribution in [0.3, 0.4) is 0 Å².